The zero-order valence-corrected chi connectivity index (χ0v) is 13.7. The van der Waals surface area contributed by atoms with Gasteiger partial charge >= 0.3 is 5.97 Å². The smallest absolute Gasteiger partial charge is 0.335 e. The molecule has 0 aliphatic carbocycles. The molecule has 0 fully saturated rings. The highest BCUT2D eigenvalue weighted by Crippen LogP contribution is 2.36. The van der Waals surface area contributed by atoms with Gasteiger partial charge < -0.3 is 5.11 Å². The molecule has 9 heteroatoms. The van der Waals surface area contributed by atoms with Crippen LogP contribution in [0.15, 0.2) is 35.2 Å². The number of anilines is 1. The summed E-state index contributed by atoms with van der Waals surface area (Å²) in [5, 5.41) is 8.83. The summed E-state index contributed by atoms with van der Waals surface area (Å²) in [6, 6.07) is 6.75. The molecule has 0 aliphatic rings. The molecule has 2 aromatic rings. The lowest BCUT2D eigenvalue weighted by Crippen LogP contribution is -2.26. The van der Waals surface area contributed by atoms with Crippen LogP contribution in [0.5, 0.6) is 0 Å². The summed E-state index contributed by atoms with van der Waals surface area (Å²) in [5.74, 6) is -1.08. The molecule has 1 heterocycles. The van der Waals surface area contributed by atoms with E-state index in [1.54, 1.807) is 0 Å². The summed E-state index contributed by atoms with van der Waals surface area (Å²) >= 11 is 12.6. The maximum absolute atomic E-state index is 12.5. The Kier molecular flexibility index (Phi) is 4.48. The average Bonchev–Trinajstić information content (AvgIpc) is 2.77. The number of thiophene rings is 1. The van der Waals surface area contributed by atoms with Gasteiger partial charge in [0.05, 0.1) is 15.6 Å². The second-order valence-corrected chi connectivity index (χ2v) is 8.24. The van der Waals surface area contributed by atoms with Crippen molar-refractivity contribution in [3.05, 3.63) is 44.6 Å². The molecular weight excluding hydrogens is 357 g/mol. The molecule has 0 spiro atoms. The van der Waals surface area contributed by atoms with Crippen molar-refractivity contribution in [3.63, 3.8) is 0 Å². The summed E-state index contributed by atoms with van der Waals surface area (Å²) in [5.41, 5.74) is 0.388. The van der Waals surface area contributed by atoms with E-state index in [1.807, 2.05) is 0 Å². The standard InChI is InChI=1S/C12H9Cl2NO4S2/c1-15(8-4-2-7(3-5-8)12(16)17)21(18,19)9-6-10(13)20-11(9)14/h2-6H,1H3,(H,16,17). The number of sulfonamides is 1. The molecule has 0 aliphatic heterocycles. The number of carboxylic acid groups (broad SMARTS) is 1. The van der Waals surface area contributed by atoms with E-state index < -0.39 is 16.0 Å². The van der Waals surface area contributed by atoms with E-state index in [2.05, 4.69) is 0 Å². The van der Waals surface area contributed by atoms with Crippen LogP contribution in [-0.4, -0.2) is 26.5 Å². The minimum Gasteiger partial charge on any atom is -0.478 e. The number of benzene rings is 1. The maximum atomic E-state index is 12.5. The Bertz CT molecular complexity index is 784. The molecule has 0 bridgehead atoms. The van der Waals surface area contributed by atoms with Gasteiger partial charge in [-0.3, -0.25) is 4.31 Å². The predicted molar refractivity (Wildman–Crippen MR) is 83.3 cm³/mol. The zero-order chi connectivity index (χ0) is 15.8. The van der Waals surface area contributed by atoms with Crippen molar-refractivity contribution in [1.29, 1.82) is 0 Å². The van der Waals surface area contributed by atoms with Crippen LogP contribution in [0.4, 0.5) is 5.69 Å². The Hall–Kier alpha value is -1.28. The zero-order valence-electron chi connectivity index (χ0n) is 10.6. The van der Waals surface area contributed by atoms with Crippen LogP contribution >= 0.6 is 34.5 Å². The molecule has 0 saturated heterocycles. The van der Waals surface area contributed by atoms with Gasteiger partial charge in [-0.05, 0) is 30.3 Å². The molecule has 1 aromatic carbocycles. The SMILES string of the molecule is CN(c1ccc(C(=O)O)cc1)S(=O)(=O)c1cc(Cl)sc1Cl. The van der Waals surface area contributed by atoms with Crippen molar-refractivity contribution in [2.24, 2.45) is 0 Å². The van der Waals surface area contributed by atoms with Crippen molar-refractivity contribution in [2.75, 3.05) is 11.4 Å². The van der Waals surface area contributed by atoms with Crippen LogP contribution < -0.4 is 4.31 Å². The summed E-state index contributed by atoms with van der Waals surface area (Å²) in [7, 11) is -2.50. The van der Waals surface area contributed by atoms with Crippen LogP contribution in [0.1, 0.15) is 10.4 Å². The molecular formula is C12H9Cl2NO4S2. The highest BCUT2D eigenvalue weighted by molar-refractivity contribution is 7.93. The van der Waals surface area contributed by atoms with Gasteiger partial charge in [-0.15, -0.1) is 11.3 Å². The van der Waals surface area contributed by atoms with Crippen LogP contribution in [0.25, 0.3) is 0 Å². The summed E-state index contributed by atoms with van der Waals surface area (Å²) in [4.78, 5) is 10.7. The molecule has 0 radical (unpaired) electrons. The van der Waals surface area contributed by atoms with Crippen LogP contribution in [0.2, 0.25) is 8.67 Å². The van der Waals surface area contributed by atoms with Gasteiger partial charge in [-0.25, -0.2) is 13.2 Å². The Balaban J connectivity index is 2.40. The van der Waals surface area contributed by atoms with E-state index in [0.717, 1.165) is 15.6 Å². The van der Waals surface area contributed by atoms with E-state index in [1.165, 1.54) is 37.4 Å². The number of nitrogens with zero attached hydrogens (tertiary/aromatic N) is 1. The second-order valence-electron chi connectivity index (χ2n) is 4.01. The van der Waals surface area contributed by atoms with Crippen LogP contribution in [0.3, 0.4) is 0 Å². The first-order valence-corrected chi connectivity index (χ1v) is 8.52. The van der Waals surface area contributed by atoms with Crippen molar-refractivity contribution in [1.82, 2.24) is 0 Å². The lowest BCUT2D eigenvalue weighted by Gasteiger charge is -2.19. The fourth-order valence-corrected chi connectivity index (χ4v) is 4.91. The highest BCUT2D eigenvalue weighted by Gasteiger charge is 2.26. The summed E-state index contributed by atoms with van der Waals surface area (Å²) < 4.78 is 26.3. The third-order valence-corrected chi connectivity index (χ3v) is 6.28. The van der Waals surface area contributed by atoms with Gasteiger partial charge in [0.2, 0.25) is 0 Å². The van der Waals surface area contributed by atoms with E-state index >= 15 is 0 Å². The molecule has 0 atom stereocenters. The monoisotopic (exact) mass is 365 g/mol. The fraction of sp³-hybridized carbons (Fsp3) is 0.0833. The van der Waals surface area contributed by atoms with Gasteiger partial charge in [0.15, 0.2) is 0 Å². The second kappa shape index (κ2) is 5.84. The molecule has 0 saturated carbocycles. The third-order valence-electron chi connectivity index (χ3n) is 2.74. The lowest BCUT2D eigenvalue weighted by atomic mass is 10.2. The number of hydrogen-bond donors (Lipinski definition) is 1. The first-order valence-electron chi connectivity index (χ1n) is 5.50. The predicted octanol–water partition coefficient (Wildman–Crippen LogP) is 3.58. The minimum atomic E-state index is -3.86. The Morgan fingerprint density at radius 1 is 1.24 bits per heavy atom. The van der Waals surface area contributed by atoms with Crippen molar-refractivity contribution >= 4 is 56.2 Å². The minimum absolute atomic E-state index is 0.0705. The van der Waals surface area contributed by atoms with E-state index in [-0.39, 0.29) is 19.1 Å². The van der Waals surface area contributed by atoms with Crippen LogP contribution in [-0.2, 0) is 10.0 Å². The molecule has 1 N–H and O–H groups in total. The number of hydrogen-bond acceptors (Lipinski definition) is 4. The molecule has 112 valence electrons. The Labute approximate surface area is 135 Å². The van der Waals surface area contributed by atoms with Crippen molar-refractivity contribution < 1.29 is 18.3 Å². The largest absolute Gasteiger partial charge is 0.478 e. The number of halogens is 2. The van der Waals surface area contributed by atoms with Gasteiger partial charge in [0.25, 0.3) is 10.0 Å². The maximum Gasteiger partial charge on any atom is 0.335 e. The van der Waals surface area contributed by atoms with E-state index in [4.69, 9.17) is 28.3 Å². The first-order chi connectivity index (χ1) is 9.73. The normalized spacial score (nSPS) is 11.4. The molecule has 0 unspecified atom stereocenters. The highest BCUT2D eigenvalue weighted by atomic mass is 35.5. The quantitative estimate of drug-likeness (QED) is 0.898. The van der Waals surface area contributed by atoms with Crippen molar-refractivity contribution in [2.45, 2.75) is 4.90 Å². The molecule has 21 heavy (non-hydrogen) atoms. The fourth-order valence-electron chi connectivity index (χ4n) is 1.60. The number of aromatic carboxylic acids is 1. The van der Waals surface area contributed by atoms with E-state index in [9.17, 15) is 13.2 Å². The lowest BCUT2D eigenvalue weighted by molar-refractivity contribution is 0.0697. The van der Waals surface area contributed by atoms with Gasteiger partial charge in [-0.1, -0.05) is 23.2 Å². The van der Waals surface area contributed by atoms with Crippen LogP contribution in [0, 0.1) is 0 Å². The van der Waals surface area contributed by atoms with E-state index in [0.29, 0.717) is 5.69 Å². The average molecular weight is 366 g/mol. The van der Waals surface area contributed by atoms with Crippen molar-refractivity contribution in [3.8, 4) is 0 Å². The molecule has 1 aromatic heterocycles. The van der Waals surface area contributed by atoms with Gasteiger partial charge in [-0.2, -0.15) is 0 Å². The van der Waals surface area contributed by atoms with Gasteiger partial charge in [0, 0.05) is 7.05 Å². The molecule has 5 nitrogen and oxygen atoms in total. The summed E-state index contributed by atoms with van der Waals surface area (Å²) in [6.07, 6.45) is 0. The molecule has 2 rings (SSSR count). The number of carbonyl (C=O) groups is 1. The third kappa shape index (κ3) is 3.16. The number of rotatable bonds is 4. The molecule has 0 amide bonds. The van der Waals surface area contributed by atoms with Gasteiger partial charge in [0.1, 0.15) is 9.23 Å². The topological polar surface area (TPSA) is 74.7 Å². The Morgan fingerprint density at radius 3 is 2.24 bits per heavy atom. The Morgan fingerprint density at radius 2 is 1.81 bits per heavy atom. The first kappa shape index (κ1) is 16.1. The summed E-state index contributed by atoms with van der Waals surface area (Å²) in [6.45, 7) is 0. The number of carboxylic acids is 1.